The van der Waals surface area contributed by atoms with Gasteiger partial charge in [-0.05, 0) is 74.8 Å². The second-order valence-corrected chi connectivity index (χ2v) is 8.74. The van der Waals surface area contributed by atoms with Crippen LogP contribution in [0.1, 0.15) is 40.9 Å². The molecule has 0 radical (unpaired) electrons. The third-order valence-corrected chi connectivity index (χ3v) is 6.29. The van der Waals surface area contributed by atoms with Crippen LogP contribution in [0.5, 0.6) is 11.5 Å². The van der Waals surface area contributed by atoms with Gasteiger partial charge in [0.2, 0.25) is 5.91 Å². The second kappa shape index (κ2) is 11.8. The molecule has 1 aliphatic heterocycles. The number of ether oxygens (including phenoxy) is 2. The highest BCUT2D eigenvalue weighted by molar-refractivity contribution is 6.04. The number of rotatable bonds is 11. The molecule has 0 spiro atoms. The number of aryl methyl sites for hydroxylation is 2. The molecule has 0 unspecified atom stereocenters. The van der Waals surface area contributed by atoms with E-state index in [0.29, 0.717) is 29.3 Å². The van der Waals surface area contributed by atoms with Gasteiger partial charge in [-0.3, -0.25) is 19.3 Å². The fourth-order valence-electron chi connectivity index (χ4n) is 4.02. The fraction of sp³-hybridized carbons (Fsp3) is 0.444. The van der Waals surface area contributed by atoms with Gasteiger partial charge in [-0.2, -0.15) is 0 Å². The molecule has 35 heavy (non-hydrogen) atoms. The number of hydrogen-bond donors (Lipinski definition) is 1. The van der Waals surface area contributed by atoms with Crippen molar-refractivity contribution in [2.24, 2.45) is 0 Å². The minimum atomic E-state index is -0.330. The van der Waals surface area contributed by atoms with Crippen molar-refractivity contribution in [1.82, 2.24) is 10.2 Å². The van der Waals surface area contributed by atoms with E-state index in [4.69, 9.17) is 9.47 Å². The van der Waals surface area contributed by atoms with Crippen LogP contribution >= 0.6 is 0 Å². The molecule has 1 N–H and O–H groups in total. The number of carbonyl (C=O) groups excluding carboxylic acids is 3. The van der Waals surface area contributed by atoms with Crippen LogP contribution in [0.3, 0.4) is 0 Å². The highest BCUT2D eigenvalue weighted by atomic mass is 16.5. The molecule has 1 heterocycles. The Morgan fingerprint density at radius 2 is 1.86 bits per heavy atom. The zero-order chi connectivity index (χ0) is 25.5. The topological polar surface area (TPSA) is 88.2 Å². The maximum Gasteiger partial charge on any atom is 0.265 e. The largest absolute Gasteiger partial charge is 0.485 e. The van der Waals surface area contributed by atoms with Crippen molar-refractivity contribution in [3.05, 3.63) is 52.6 Å². The zero-order valence-electron chi connectivity index (χ0n) is 21.3. The predicted molar refractivity (Wildman–Crippen MR) is 136 cm³/mol. The molecule has 2 aromatic rings. The number of fused-ring (bicyclic) bond motifs is 1. The maximum atomic E-state index is 12.9. The number of hydrogen-bond acceptors (Lipinski definition) is 6. The average molecular weight is 482 g/mol. The van der Waals surface area contributed by atoms with Gasteiger partial charge in [0.1, 0.15) is 18.0 Å². The van der Waals surface area contributed by atoms with Crippen LogP contribution in [0.25, 0.3) is 0 Å². The Hall–Kier alpha value is -3.39. The molecule has 0 aliphatic carbocycles. The molecule has 0 aromatic heterocycles. The van der Waals surface area contributed by atoms with Gasteiger partial charge in [0.05, 0.1) is 5.69 Å². The summed E-state index contributed by atoms with van der Waals surface area (Å²) in [5, 5.41) is 2.87. The number of ketones is 1. The molecule has 1 aliphatic rings. The van der Waals surface area contributed by atoms with Gasteiger partial charge in [0, 0.05) is 18.7 Å². The van der Waals surface area contributed by atoms with Crippen LogP contribution in [0.15, 0.2) is 30.3 Å². The van der Waals surface area contributed by atoms with Crippen molar-refractivity contribution in [3.63, 3.8) is 0 Å². The first-order chi connectivity index (χ1) is 16.7. The summed E-state index contributed by atoms with van der Waals surface area (Å²) in [4.78, 5) is 41.6. The lowest BCUT2D eigenvalue weighted by molar-refractivity contribution is -0.125. The fourth-order valence-corrected chi connectivity index (χ4v) is 4.02. The van der Waals surface area contributed by atoms with Crippen LogP contribution < -0.4 is 19.7 Å². The Labute approximate surface area is 207 Å². The van der Waals surface area contributed by atoms with Gasteiger partial charge in [-0.1, -0.05) is 19.9 Å². The number of likely N-dealkylation sites (N-methyl/N-ethyl adjacent to an activating group) is 1. The van der Waals surface area contributed by atoms with Gasteiger partial charge in [-0.25, -0.2) is 0 Å². The number of Topliss-reactive ketones (excluding diaryl/α,β-unsaturated/α-hetero) is 1. The summed E-state index contributed by atoms with van der Waals surface area (Å²) in [5.74, 6) is 0.318. The predicted octanol–water partition coefficient (Wildman–Crippen LogP) is 3.06. The number of nitrogens with one attached hydrogen (secondary N) is 1. The standard InChI is InChI=1S/C27H35N3O5/c1-6-29(7-2)11-10-28-26(32)15-30-22-14-21(8-9-24(22)35-17-27(30)33)23(31)16-34-25-13-18(3)12-19(4)20(25)5/h8-9,12-14H,6-7,10-11,15-17H2,1-5H3,(H,28,32). The molecule has 0 bridgehead atoms. The van der Waals surface area contributed by atoms with Crippen LogP contribution in [-0.4, -0.2) is 68.4 Å². The highest BCUT2D eigenvalue weighted by Gasteiger charge is 2.28. The van der Waals surface area contributed by atoms with Crippen molar-refractivity contribution in [1.29, 1.82) is 0 Å². The molecule has 2 amide bonds. The van der Waals surface area contributed by atoms with E-state index in [-0.39, 0.29) is 37.4 Å². The van der Waals surface area contributed by atoms with E-state index in [1.165, 1.54) is 4.90 Å². The summed E-state index contributed by atoms with van der Waals surface area (Å²) in [7, 11) is 0. The number of carbonyl (C=O) groups is 3. The van der Waals surface area contributed by atoms with E-state index >= 15 is 0 Å². The molecule has 0 atom stereocenters. The van der Waals surface area contributed by atoms with Crippen molar-refractivity contribution in [2.45, 2.75) is 34.6 Å². The summed E-state index contributed by atoms with van der Waals surface area (Å²) in [6, 6.07) is 8.88. The summed E-state index contributed by atoms with van der Waals surface area (Å²) < 4.78 is 11.3. The van der Waals surface area contributed by atoms with E-state index in [9.17, 15) is 14.4 Å². The molecule has 8 heteroatoms. The molecule has 0 fully saturated rings. The zero-order valence-corrected chi connectivity index (χ0v) is 21.3. The molecule has 2 aromatic carbocycles. The first-order valence-corrected chi connectivity index (χ1v) is 12.0. The quantitative estimate of drug-likeness (QED) is 0.497. The summed E-state index contributed by atoms with van der Waals surface area (Å²) in [6.45, 7) is 12.7. The Kier molecular flexibility index (Phi) is 8.87. The summed E-state index contributed by atoms with van der Waals surface area (Å²) in [5.41, 5.74) is 3.95. The molecular weight excluding hydrogens is 446 g/mol. The van der Waals surface area contributed by atoms with E-state index in [1.807, 2.05) is 26.8 Å². The van der Waals surface area contributed by atoms with E-state index in [1.54, 1.807) is 18.2 Å². The van der Waals surface area contributed by atoms with Crippen LogP contribution in [0.2, 0.25) is 0 Å². The molecule has 3 rings (SSSR count). The van der Waals surface area contributed by atoms with E-state index < -0.39 is 0 Å². The van der Waals surface area contributed by atoms with Crippen molar-refractivity contribution >= 4 is 23.3 Å². The lowest BCUT2D eigenvalue weighted by Gasteiger charge is -2.29. The molecule has 0 saturated heterocycles. The van der Waals surface area contributed by atoms with E-state index in [0.717, 1.165) is 36.3 Å². The third kappa shape index (κ3) is 6.60. The number of nitrogens with zero attached hydrogens (tertiary/aromatic N) is 2. The van der Waals surface area contributed by atoms with Gasteiger partial charge in [-0.15, -0.1) is 0 Å². The lowest BCUT2D eigenvalue weighted by Crippen LogP contribution is -2.46. The molecular formula is C27H35N3O5. The molecule has 188 valence electrons. The highest BCUT2D eigenvalue weighted by Crippen LogP contribution is 2.33. The number of amides is 2. The lowest BCUT2D eigenvalue weighted by atomic mass is 10.1. The number of anilines is 1. The van der Waals surface area contributed by atoms with Gasteiger partial charge in [0.15, 0.2) is 19.0 Å². The van der Waals surface area contributed by atoms with E-state index in [2.05, 4.69) is 30.1 Å². The first-order valence-electron chi connectivity index (χ1n) is 12.0. The Morgan fingerprint density at radius 1 is 1.11 bits per heavy atom. The van der Waals surface area contributed by atoms with Crippen LogP contribution in [0, 0.1) is 20.8 Å². The third-order valence-electron chi connectivity index (χ3n) is 6.29. The second-order valence-electron chi connectivity index (χ2n) is 8.74. The van der Waals surface area contributed by atoms with Gasteiger partial charge < -0.3 is 19.7 Å². The SMILES string of the molecule is CCN(CC)CCNC(=O)CN1C(=O)COc2ccc(C(=O)COc3cc(C)cc(C)c3C)cc21. The minimum Gasteiger partial charge on any atom is -0.485 e. The number of benzene rings is 2. The Balaban J connectivity index is 1.69. The smallest absolute Gasteiger partial charge is 0.265 e. The van der Waals surface area contributed by atoms with Gasteiger partial charge in [0.25, 0.3) is 5.91 Å². The van der Waals surface area contributed by atoms with Crippen molar-refractivity contribution < 1.29 is 23.9 Å². The molecule has 8 nitrogen and oxygen atoms in total. The first kappa shape index (κ1) is 26.2. The summed E-state index contributed by atoms with van der Waals surface area (Å²) in [6.07, 6.45) is 0. The Morgan fingerprint density at radius 3 is 2.57 bits per heavy atom. The Bertz CT molecular complexity index is 1090. The van der Waals surface area contributed by atoms with Crippen molar-refractivity contribution in [2.75, 3.05) is 50.8 Å². The average Bonchev–Trinajstić information content (AvgIpc) is 2.84. The van der Waals surface area contributed by atoms with Gasteiger partial charge >= 0.3 is 0 Å². The van der Waals surface area contributed by atoms with Crippen LogP contribution in [0.4, 0.5) is 5.69 Å². The van der Waals surface area contributed by atoms with Crippen LogP contribution in [-0.2, 0) is 9.59 Å². The monoisotopic (exact) mass is 481 g/mol. The minimum absolute atomic E-state index is 0.136. The summed E-state index contributed by atoms with van der Waals surface area (Å²) >= 11 is 0. The molecule has 0 saturated carbocycles. The maximum absolute atomic E-state index is 12.9. The normalized spacial score (nSPS) is 12.9. The van der Waals surface area contributed by atoms with Crippen molar-refractivity contribution in [3.8, 4) is 11.5 Å².